The van der Waals surface area contributed by atoms with Crippen LogP contribution in [-0.2, 0) is 13.1 Å². The van der Waals surface area contributed by atoms with Gasteiger partial charge in [0.1, 0.15) is 5.65 Å². The van der Waals surface area contributed by atoms with Crippen LogP contribution in [0.1, 0.15) is 17.5 Å². The first-order chi connectivity index (χ1) is 9.83. The SMILES string of the molecule is CCN(Cc1cccs1)c1nc2ccccn2c1CN. The number of pyridine rings is 1. The fourth-order valence-electron chi connectivity index (χ4n) is 2.40. The Morgan fingerprint density at radius 2 is 2.20 bits per heavy atom. The third kappa shape index (κ3) is 2.30. The number of hydrogen-bond donors (Lipinski definition) is 1. The Kier molecular flexibility index (Phi) is 3.71. The molecule has 0 aliphatic rings. The molecule has 0 amide bonds. The third-order valence-electron chi connectivity index (χ3n) is 3.41. The third-order valence-corrected chi connectivity index (χ3v) is 4.27. The summed E-state index contributed by atoms with van der Waals surface area (Å²) in [6.07, 6.45) is 2.02. The Labute approximate surface area is 122 Å². The molecular formula is C15H18N4S. The van der Waals surface area contributed by atoms with Gasteiger partial charge in [0.15, 0.2) is 5.82 Å². The van der Waals surface area contributed by atoms with Gasteiger partial charge in [-0.1, -0.05) is 12.1 Å². The zero-order valence-electron chi connectivity index (χ0n) is 11.5. The number of nitrogens with zero attached hydrogens (tertiary/aromatic N) is 3. The smallest absolute Gasteiger partial charge is 0.152 e. The van der Waals surface area contributed by atoms with Crippen LogP contribution in [0.4, 0.5) is 5.82 Å². The van der Waals surface area contributed by atoms with Crippen molar-refractivity contribution in [1.29, 1.82) is 0 Å². The molecule has 0 aliphatic carbocycles. The molecule has 0 fully saturated rings. The summed E-state index contributed by atoms with van der Waals surface area (Å²) in [6.45, 7) is 4.43. The Balaban J connectivity index is 2.02. The van der Waals surface area contributed by atoms with E-state index in [0.29, 0.717) is 6.54 Å². The summed E-state index contributed by atoms with van der Waals surface area (Å²) in [5.74, 6) is 0.995. The number of anilines is 1. The van der Waals surface area contributed by atoms with Gasteiger partial charge in [0.2, 0.25) is 0 Å². The van der Waals surface area contributed by atoms with Crippen LogP contribution in [0, 0.1) is 0 Å². The number of hydrogen-bond acceptors (Lipinski definition) is 4. The van der Waals surface area contributed by atoms with Crippen molar-refractivity contribution in [2.45, 2.75) is 20.0 Å². The highest BCUT2D eigenvalue weighted by atomic mass is 32.1. The van der Waals surface area contributed by atoms with Crippen LogP contribution in [0.2, 0.25) is 0 Å². The number of imidazole rings is 1. The molecule has 4 nitrogen and oxygen atoms in total. The second-order valence-electron chi connectivity index (χ2n) is 4.61. The molecule has 0 aliphatic heterocycles. The summed E-state index contributed by atoms with van der Waals surface area (Å²) in [4.78, 5) is 8.37. The molecule has 0 radical (unpaired) electrons. The maximum absolute atomic E-state index is 5.94. The van der Waals surface area contributed by atoms with E-state index in [1.54, 1.807) is 11.3 Å². The fourth-order valence-corrected chi connectivity index (χ4v) is 3.12. The van der Waals surface area contributed by atoms with Crippen molar-refractivity contribution in [2.75, 3.05) is 11.4 Å². The summed E-state index contributed by atoms with van der Waals surface area (Å²) in [7, 11) is 0. The van der Waals surface area contributed by atoms with E-state index < -0.39 is 0 Å². The first-order valence-corrected chi connectivity index (χ1v) is 7.64. The quantitative estimate of drug-likeness (QED) is 0.784. The van der Waals surface area contributed by atoms with E-state index in [9.17, 15) is 0 Å². The highest BCUT2D eigenvalue weighted by molar-refractivity contribution is 7.09. The molecule has 0 bridgehead atoms. The first-order valence-electron chi connectivity index (χ1n) is 6.76. The summed E-state index contributed by atoms with van der Waals surface area (Å²) in [5.41, 5.74) is 7.96. The predicted octanol–water partition coefficient (Wildman–Crippen LogP) is 2.88. The highest BCUT2D eigenvalue weighted by Gasteiger charge is 2.16. The van der Waals surface area contributed by atoms with E-state index in [1.165, 1.54) is 4.88 Å². The minimum atomic E-state index is 0.488. The van der Waals surface area contributed by atoms with Crippen molar-refractivity contribution in [1.82, 2.24) is 9.38 Å². The van der Waals surface area contributed by atoms with E-state index in [2.05, 4.69) is 33.7 Å². The molecule has 104 valence electrons. The molecule has 5 heteroatoms. The Bertz CT molecular complexity index is 687. The van der Waals surface area contributed by atoms with Crippen molar-refractivity contribution in [3.8, 4) is 0 Å². The lowest BCUT2D eigenvalue weighted by Gasteiger charge is -2.21. The molecule has 0 unspecified atom stereocenters. The van der Waals surface area contributed by atoms with Crippen molar-refractivity contribution in [2.24, 2.45) is 5.73 Å². The maximum atomic E-state index is 5.94. The van der Waals surface area contributed by atoms with Gasteiger partial charge >= 0.3 is 0 Å². The molecule has 0 spiro atoms. The van der Waals surface area contributed by atoms with Gasteiger partial charge < -0.3 is 15.0 Å². The largest absolute Gasteiger partial charge is 0.350 e. The second-order valence-corrected chi connectivity index (χ2v) is 5.64. The molecule has 0 saturated heterocycles. The molecule has 0 atom stereocenters. The average Bonchev–Trinajstić information content (AvgIpc) is 3.11. The normalized spacial score (nSPS) is 11.1. The van der Waals surface area contributed by atoms with Crippen LogP contribution in [-0.4, -0.2) is 15.9 Å². The minimum absolute atomic E-state index is 0.488. The lowest BCUT2D eigenvalue weighted by molar-refractivity contribution is 0.811. The van der Waals surface area contributed by atoms with Crippen molar-refractivity contribution < 1.29 is 0 Å². The molecule has 0 aromatic carbocycles. The Hall–Kier alpha value is -1.85. The van der Waals surface area contributed by atoms with Crippen LogP contribution in [0.25, 0.3) is 5.65 Å². The number of aromatic nitrogens is 2. The number of nitrogens with two attached hydrogens (primary N) is 1. The standard InChI is InChI=1S/C15H18N4S/c1-2-18(11-12-6-5-9-20-12)15-13(10-16)19-8-4-3-7-14(19)17-15/h3-9H,2,10-11,16H2,1H3. The molecule has 0 saturated carbocycles. The monoisotopic (exact) mass is 286 g/mol. The van der Waals surface area contributed by atoms with E-state index in [4.69, 9.17) is 10.7 Å². The van der Waals surface area contributed by atoms with Crippen LogP contribution in [0.5, 0.6) is 0 Å². The number of rotatable bonds is 5. The van der Waals surface area contributed by atoms with Gasteiger partial charge in [-0.3, -0.25) is 0 Å². The van der Waals surface area contributed by atoms with E-state index >= 15 is 0 Å². The van der Waals surface area contributed by atoms with E-state index in [-0.39, 0.29) is 0 Å². The first kappa shape index (κ1) is 13.1. The lowest BCUT2D eigenvalue weighted by atomic mass is 10.3. The number of fused-ring (bicyclic) bond motifs is 1. The molecule has 3 aromatic heterocycles. The average molecular weight is 286 g/mol. The van der Waals surface area contributed by atoms with Crippen LogP contribution >= 0.6 is 11.3 Å². The second kappa shape index (κ2) is 5.64. The fraction of sp³-hybridized carbons (Fsp3) is 0.267. The van der Waals surface area contributed by atoms with Crippen LogP contribution in [0.3, 0.4) is 0 Å². The molecule has 2 N–H and O–H groups in total. The predicted molar refractivity (Wildman–Crippen MR) is 84.1 cm³/mol. The zero-order chi connectivity index (χ0) is 13.9. The Morgan fingerprint density at radius 1 is 1.30 bits per heavy atom. The maximum Gasteiger partial charge on any atom is 0.152 e. The zero-order valence-corrected chi connectivity index (χ0v) is 12.3. The van der Waals surface area contributed by atoms with Crippen LogP contribution < -0.4 is 10.6 Å². The van der Waals surface area contributed by atoms with Gasteiger partial charge in [-0.15, -0.1) is 11.3 Å². The van der Waals surface area contributed by atoms with Gasteiger partial charge in [-0.05, 0) is 30.5 Å². The van der Waals surface area contributed by atoms with Gasteiger partial charge in [0.05, 0.1) is 12.2 Å². The summed E-state index contributed by atoms with van der Waals surface area (Å²) in [6, 6.07) is 10.3. The summed E-state index contributed by atoms with van der Waals surface area (Å²) in [5, 5.41) is 2.11. The molecule has 3 heterocycles. The highest BCUT2D eigenvalue weighted by Crippen LogP contribution is 2.24. The summed E-state index contributed by atoms with van der Waals surface area (Å²) < 4.78 is 2.08. The van der Waals surface area contributed by atoms with Crippen LogP contribution in [0.15, 0.2) is 41.9 Å². The van der Waals surface area contributed by atoms with Gasteiger partial charge in [-0.2, -0.15) is 0 Å². The molecular weight excluding hydrogens is 268 g/mol. The molecule has 20 heavy (non-hydrogen) atoms. The van der Waals surface area contributed by atoms with Crippen molar-refractivity contribution >= 4 is 22.8 Å². The van der Waals surface area contributed by atoms with Gasteiger partial charge in [-0.25, -0.2) is 4.98 Å². The topological polar surface area (TPSA) is 46.6 Å². The van der Waals surface area contributed by atoms with Gasteiger partial charge in [0, 0.05) is 24.2 Å². The minimum Gasteiger partial charge on any atom is -0.350 e. The van der Waals surface area contributed by atoms with Crippen molar-refractivity contribution in [3.05, 3.63) is 52.5 Å². The number of thiophene rings is 1. The lowest BCUT2D eigenvalue weighted by Crippen LogP contribution is -2.23. The van der Waals surface area contributed by atoms with E-state index in [1.807, 2.05) is 24.4 Å². The summed E-state index contributed by atoms with van der Waals surface area (Å²) >= 11 is 1.77. The van der Waals surface area contributed by atoms with Gasteiger partial charge in [0.25, 0.3) is 0 Å². The molecule has 3 aromatic rings. The Morgan fingerprint density at radius 3 is 2.90 bits per heavy atom. The molecule has 3 rings (SSSR count). The van der Waals surface area contributed by atoms with Crippen molar-refractivity contribution in [3.63, 3.8) is 0 Å². The van der Waals surface area contributed by atoms with E-state index in [0.717, 1.165) is 30.2 Å².